The van der Waals surface area contributed by atoms with Crippen LogP contribution in [0.1, 0.15) is 47.9 Å². The third-order valence-electron chi connectivity index (χ3n) is 3.92. The number of hydrogen-bond donors (Lipinski definition) is 1. The van der Waals surface area contributed by atoms with Crippen LogP contribution >= 0.6 is 11.3 Å². The second-order valence-electron chi connectivity index (χ2n) is 5.47. The van der Waals surface area contributed by atoms with Gasteiger partial charge >= 0.3 is 0 Å². The van der Waals surface area contributed by atoms with Gasteiger partial charge in [0.05, 0.1) is 0 Å². The Hall–Kier alpha value is -0.380. The highest BCUT2D eigenvalue weighted by Gasteiger charge is 2.22. The van der Waals surface area contributed by atoms with Crippen LogP contribution in [-0.4, -0.2) is 24.5 Å². The Morgan fingerprint density at radius 2 is 2.22 bits per heavy atom. The Labute approximate surface area is 115 Å². The molecule has 1 saturated carbocycles. The molecule has 0 spiro atoms. The molecule has 0 atom stereocenters. The highest BCUT2D eigenvalue weighted by molar-refractivity contribution is 7.12. The number of nitrogens with one attached hydrogen (secondary N) is 1. The molecular weight excluding hydrogens is 240 g/mol. The number of hydrogen-bond acceptors (Lipinski definition) is 3. The third-order valence-corrected chi connectivity index (χ3v) is 5.01. The summed E-state index contributed by atoms with van der Waals surface area (Å²) in [6.45, 7) is 7.76. The normalized spacial score (nSPS) is 16.2. The first-order chi connectivity index (χ1) is 8.70. The number of nitrogens with zero attached hydrogens (tertiary/aromatic N) is 1. The SMILES string of the molecule is CCCNCc1cc(CN(C)C2CCC2)c(C)s1. The van der Waals surface area contributed by atoms with Crippen molar-refractivity contribution < 1.29 is 0 Å². The van der Waals surface area contributed by atoms with E-state index in [9.17, 15) is 0 Å². The van der Waals surface area contributed by atoms with Crippen molar-refractivity contribution in [3.63, 3.8) is 0 Å². The van der Waals surface area contributed by atoms with Crippen molar-refractivity contribution >= 4 is 11.3 Å². The first kappa shape index (κ1) is 14.0. The number of rotatable bonds is 7. The topological polar surface area (TPSA) is 15.3 Å². The molecule has 1 aromatic rings. The molecular formula is C15H26N2S. The van der Waals surface area contributed by atoms with Crippen molar-refractivity contribution in [1.29, 1.82) is 0 Å². The highest BCUT2D eigenvalue weighted by Crippen LogP contribution is 2.28. The molecule has 0 bridgehead atoms. The van der Waals surface area contributed by atoms with E-state index in [1.807, 2.05) is 11.3 Å². The molecule has 0 radical (unpaired) electrons. The maximum Gasteiger partial charge on any atom is 0.0299 e. The van der Waals surface area contributed by atoms with Gasteiger partial charge in [-0.05, 0) is 51.4 Å². The predicted octanol–water partition coefficient (Wildman–Crippen LogP) is 3.54. The van der Waals surface area contributed by atoms with Gasteiger partial charge < -0.3 is 5.32 Å². The lowest BCUT2D eigenvalue weighted by Crippen LogP contribution is -2.36. The zero-order valence-corrected chi connectivity index (χ0v) is 12.8. The maximum atomic E-state index is 3.49. The minimum atomic E-state index is 0.839. The van der Waals surface area contributed by atoms with Gasteiger partial charge in [-0.3, -0.25) is 4.90 Å². The molecule has 0 aliphatic heterocycles. The van der Waals surface area contributed by atoms with Crippen LogP contribution in [0.15, 0.2) is 6.07 Å². The van der Waals surface area contributed by atoms with E-state index in [0.717, 1.165) is 25.7 Å². The van der Waals surface area contributed by atoms with Crippen LogP contribution in [0.25, 0.3) is 0 Å². The van der Waals surface area contributed by atoms with E-state index in [1.54, 1.807) is 0 Å². The summed E-state index contributed by atoms with van der Waals surface area (Å²) in [5.74, 6) is 0. The fourth-order valence-electron chi connectivity index (χ4n) is 2.45. The van der Waals surface area contributed by atoms with E-state index in [-0.39, 0.29) is 0 Å². The number of thiophene rings is 1. The van der Waals surface area contributed by atoms with E-state index < -0.39 is 0 Å². The lowest BCUT2D eigenvalue weighted by molar-refractivity contribution is 0.152. The molecule has 1 heterocycles. The van der Waals surface area contributed by atoms with Gasteiger partial charge in [0.25, 0.3) is 0 Å². The van der Waals surface area contributed by atoms with Crippen LogP contribution < -0.4 is 5.32 Å². The summed E-state index contributed by atoms with van der Waals surface area (Å²) in [6.07, 6.45) is 5.42. The van der Waals surface area contributed by atoms with E-state index in [2.05, 4.69) is 37.2 Å². The zero-order chi connectivity index (χ0) is 13.0. The summed E-state index contributed by atoms with van der Waals surface area (Å²) in [4.78, 5) is 5.51. The molecule has 1 fully saturated rings. The quantitative estimate of drug-likeness (QED) is 0.759. The average molecular weight is 266 g/mol. The Bertz CT molecular complexity index is 369. The van der Waals surface area contributed by atoms with Gasteiger partial charge in [0.15, 0.2) is 0 Å². The third kappa shape index (κ3) is 3.56. The lowest BCUT2D eigenvalue weighted by Gasteiger charge is -2.34. The molecule has 0 unspecified atom stereocenters. The van der Waals surface area contributed by atoms with E-state index in [4.69, 9.17) is 0 Å². The second kappa shape index (κ2) is 6.69. The van der Waals surface area contributed by atoms with E-state index in [0.29, 0.717) is 0 Å². The Kier molecular flexibility index (Phi) is 5.22. The molecule has 18 heavy (non-hydrogen) atoms. The standard InChI is InChI=1S/C15H26N2S/c1-4-8-16-10-15-9-13(12(2)18-15)11-17(3)14-6-5-7-14/h9,14,16H,4-8,10-11H2,1-3H3. The van der Waals surface area contributed by atoms with Crippen molar-refractivity contribution in [3.05, 3.63) is 21.4 Å². The largest absolute Gasteiger partial charge is 0.312 e. The molecule has 1 N–H and O–H groups in total. The van der Waals surface area contributed by atoms with E-state index in [1.165, 1.54) is 41.0 Å². The molecule has 2 nitrogen and oxygen atoms in total. The van der Waals surface area contributed by atoms with E-state index >= 15 is 0 Å². The molecule has 1 aliphatic carbocycles. The summed E-state index contributed by atoms with van der Waals surface area (Å²) in [5, 5.41) is 3.49. The first-order valence-corrected chi connectivity index (χ1v) is 8.01. The molecule has 0 saturated heterocycles. The van der Waals surface area contributed by atoms with Crippen molar-refractivity contribution in [2.24, 2.45) is 0 Å². The van der Waals surface area contributed by atoms with Crippen LogP contribution in [0.2, 0.25) is 0 Å². The predicted molar refractivity (Wildman–Crippen MR) is 80.2 cm³/mol. The summed E-state index contributed by atoms with van der Waals surface area (Å²) >= 11 is 1.95. The summed E-state index contributed by atoms with van der Waals surface area (Å²) in [7, 11) is 2.27. The Balaban J connectivity index is 1.87. The van der Waals surface area contributed by atoms with Crippen LogP contribution in [0.5, 0.6) is 0 Å². The van der Waals surface area contributed by atoms with Gasteiger partial charge in [-0.15, -0.1) is 11.3 Å². The van der Waals surface area contributed by atoms with Crippen molar-refractivity contribution in [2.75, 3.05) is 13.6 Å². The van der Waals surface area contributed by atoms with Crippen LogP contribution in [0.3, 0.4) is 0 Å². The minimum Gasteiger partial charge on any atom is -0.312 e. The summed E-state index contributed by atoms with van der Waals surface area (Å²) in [5.41, 5.74) is 1.53. The molecule has 1 aliphatic rings. The van der Waals surface area contributed by atoms with Gasteiger partial charge in [-0.1, -0.05) is 13.3 Å². The first-order valence-electron chi connectivity index (χ1n) is 7.20. The van der Waals surface area contributed by atoms with Gasteiger partial charge in [0.1, 0.15) is 0 Å². The van der Waals surface area contributed by atoms with Crippen LogP contribution in [-0.2, 0) is 13.1 Å². The fourth-order valence-corrected chi connectivity index (χ4v) is 3.47. The van der Waals surface area contributed by atoms with Crippen LogP contribution in [0.4, 0.5) is 0 Å². The highest BCUT2D eigenvalue weighted by atomic mass is 32.1. The van der Waals surface area contributed by atoms with Gasteiger partial charge in [-0.2, -0.15) is 0 Å². The van der Waals surface area contributed by atoms with Crippen LogP contribution in [0, 0.1) is 6.92 Å². The molecule has 0 aromatic carbocycles. The Morgan fingerprint density at radius 3 is 2.83 bits per heavy atom. The molecule has 0 amide bonds. The summed E-state index contributed by atoms with van der Waals surface area (Å²) < 4.78 is 0. The average Bonchev–Trinajstić information content (AvgIpc) is 2.57. The monoisotopic (exact) mass is 266 g/mol. The lowest BCUT2D eigenvalue weighted by atomic mass is 9.91. The van der Waals surface area contributed by atoms with Crippen molar-refractivity contribution in [1.82, 2.24) is 10.2 Å². The van der Waals surface area contributed by atoms with Gasteiger partial charge in [0.2, 0.25) is 0 Å². The van der Waals surface area contributed by atoms with Gasteiger partial charge in [0, 0.05) is 28.9 Å². The fraction of sp³-hybridized carbons (Fsp3) is 0.733. The van der Waals surface area contributed by atoms with Crippen molar-refractivity contribution in [3.8, 4) is 0 Å². The maximum absolute atomic E-state index is 3.49. The molecule has 3 heteroatoms. The van der Waals surface area contributed by atoms with Gasteiger partial charge in [-0.25, -0.2) is 0 Å². The molecule has 2 rings (SSSR count). The zero-order valence-electron chi connectivity index (χ0n) is 12.0. The second-order valence-corrected chi connectivity index (χ2v) is 6.81. The smallest absolute Gasteiger partial charge is 0.0299 e. The Morgan fingerprint density at radius 1 is 1.44 bits per heavy atom. The molecule has 102 valence electrons. The van der Waals surface area contributed by atoms with Crippen molar-refractivity contribution in [2.45, 2.75) is 58.7 Å². The minimum absolute atomic E-state index is 0.839. The molecule has 1 aromatic heterocycles. The number of aryl methyl sites for hydroxylation is 1. The summed E-state index contributed by atoms with van der Waals surface area (Å²) in [6, 6.07) is 3.24.